The Morgan fingerprint density at radius 3 is 2.76 bits per heavy atom. The zero-order valence-corrected chi connectivity index (χ0v) is 11.6. The van der Waals surface area contributed by atoms with Gasteiger partial charge < -0.3 is 15.8 Å². The smallest absolute Gasteiger partial charge is 0.295 e. The summed E-state index contributed by atoms with van der Waals surface area (Å²) in [4.78, 5) is 27.3. The summed E-state index contributed by atoms with van der Waals surface area (Å²) in [6.45, 7) is 1.89. The monoisotopic (exact) mass is 289 g/mol. The molecule has 0 saturated carbocycles. The quantitative estimate of drug-likeness (QED) is 0.748. The van der Waals surface area contributed by atoms with Crippen molar-refractivity contribution in [1.29, 1.82) is 0 Å². The summed E-state index contributed by atoms with van der Waals surface area (Å²) < 4.78 is 5.13. The van der Waals surface area contributed by atoms with Gasteiger partial charge in [-0.2, -0.15) is 0 Å². The topological polar surface area (TPSA) is 123 Å². The lowest BCUT2D eigenvalue weighted by Gasteiger charge is -2.10. The van der Waals surface area contributed by atoms with Gasteiger partial charge in [0.25, 0.3) is 5.91 Å². The molecule has 0 fully saturated rings. The molecule has 2 amide bonds. The minimum Gasteiger partial charge on any atom is -0.495 e. The fourth-order valence-electron chi connectivity index (χ4n) is 1.69. The Morgan fingerprint density at radius 2 is 2.19 bits per heavy atom. The molecule has 2 rings (SSSR count). The average Bonchev–Trinajstić information content (AvgIpc) is 2.96. The summed E-state index contributed by atoms with van der Waals surface area (Å²) in [7, 11) is 1.46. The fraction of sp³-hybridized carbons (Fsp3) is 0.231. The second kappa shape index (κ2) is 6.04. The fourth-order valence-corrected chi connectivity index (χ4v) is 1.69. The summed E-state index contributed by atoms with van der Waals surface area (Å²) in [5.74, 6) is -0.0823. The highest BCUT2D eigenvalue weighted by atomic mass is 16.5. The van der Waals surface area contributed by atoms with Crippen molar-refractivity contribution in [2.24, 2.45) is 5.73 Å². The second-order valence-corrected chi connectivity index (χ2v) is 4.19. The standard InChI is InChI=1S/C13H15N5O3/c1-3-10-16-12(18-17-10)13(20)15-8-6-7(11(14)19)4-5-9(8)21-2/h4-6H,3H2,1-2H3,(H2,14,19)(H,15,20)(H,16,17,18). The van der Waals surface area contributed by atoms with E-state index in [1.54, 1.807) is 6.07 Å². The molecule has 0 atom stereocenters. The van der Waals surface area contributed by atoms with Crippen LogP contribution >= 0.6 is 0 Å². The summed E-state index contributed by atoms with van der Waals surface area (Å²) in [6, 6.07) is 4.50. The number of hydrogen-bond acceptors (Lipinski definition) is 5. The van der Waals surface area contributed by atoms with Crippen LogP contribution < -0.4 is 15.8 Å². The van der Waals surface area contributed by atoms with Crippen molar-refractivity contribution >= 4 is 17.5 Å². The number of rotatable bonds is 5. The molecular formula is C13H15N5O3. The molecule has 0 aliphatic heterocycles. The van der Waals surface area contributed by atoms with E-state index < -0.39 is 11.8 Å². The van der Waals surface area contributed by atoms with Crippen LogP contribution in [-0.4, -0.2) is 34.1 Å². The lowest BCUT2D eigenvalue weighted by atomic mass is 10.1. The lowest BCUT2D eigenvalue weighted by molar-refractivity contribution is 0.0994. The Hall–Kier alpha value is -2.90. The molecule has 0 spiro atoms. The zero-order valence-electron chi connectivity index (χ0n) is 11.6. The Kier molecular flexibility index (Phi) is 4.17. The number of amides is 2. The highest BCUT2D eigenvalue weighted by Crippen LogP contribution is 2.25. The van der Waals surface area contributed by atoms with Crippen molar-refractivity contribution in [2.75, 3.05) is 12.4 Å². The zero-order chi connectivity index (χ0) is 15.4. The number of carbonyl (C=O) groups is 2. The maximum absolute atomic E-state index is 12.1. The van der Waals surface area contributed by atoms with Crippen LogP contribution in [0.15, 0.2) is 18.2 Å². The number of primary amides is 1. The van der Waals surface area contributed by atoms with E-state index in [2.05, 4.69) is 20.5 Å². The molecule has 21 heavy (non-hydrogen) atoms. The molecule has 0 radical (unpaired) electrons. The van der Waals surface area contributed by atoms with Gasteiger partial charge in [0.05, 0.1) is 12.8 Å². The van der Waals surface area contributed by atoms with Crippen molar-refractivity contribution in [3.05, 3.63) is 35.4 Å². The van der Waals surface area contributed by atoms with E-state index in [0.29, 0.717) is 23.7 Å². The number of carbonyl (C=O) groups excluding carboxylic acids is 2. The summed E-state index contributed by atoms with van der Waals surface area (Å²) in [5.41, 5.74) is 5.80. The van der Waals surface area contributed by atoms with Gasteiger partial charge in [-0.25, -0.2) is 4.98 Å². The third kappa shape index (κ3) is 3.16. The second-order valence-electron chi connectivity index (χ2n) is 4.19. The van der Waals surface area contributed by atoms with Gasteiger partial charge in [0, 0.05) is 12.0 Å². The van der Waals surface area contributed by atoms with Gasteiger partial charge in [-0.15, -0.1) is 5.10 Å². The van der Waals surface area contributed by atoms with Crippen molar-refractivity contribution in [3.8, 4) is 5.75 Å². The number of aryl methyl sites for hydroxylation is 1. The first-order valence-corrected chi connectivity index (χ1v) is 6.25. The molecule has 0 aliphatic carbocycles. The van der Waals surface area contributed by atoms with Crippen LogP contribution in [0.4, 0.5) is 5.69 Å². The molecule has 4 N–H and O–H groups in total. The molecule has 0 saturated heterocycles. The molecule has 2 aromatic rings. The van der Waals surface area contributed by atoms with Crippen LogP contribution in [-0.2, 0) is 6.42 Å². The van der Waals surface area contributed by atoms with Crippen LogP contribution in [0.2, 0.25) is 0 Å². The van der Waals surface area contributed by atoms with Gasteiger partial charge in [-0.1, -0.05) is 6.92 Å². The molecule has 1 aromatic heterocycles. The summed E-state index contributed by atoms with van der Waals surface area (Å²) in [5, 5.41) is 9.06. The number of ether oxygens (including phenoxy) is 1. The third-order valence-corrected chi connectivity index (χ3v) is 2.80. The Bertz CT molecular complexity index is 680. The minimum atomic E-state index is -0.598. The number of aromatic nitrogens is 3. The highest BCUT2D eigenvalue weighted by Gasteiger charge is 2.15. The van der Waals surface area contributed by atoms with E-state index in [1.807, 2.05) is 6.92 Å². The van der Waals surface area contributed by atoms with E-state index in [0.717, 1.165) is 0 Å². The minimum absolute atomic E-state index is 0.0124. The van der Waals surface area contributed by atoms with E-state index in [9.17, 15) is 9.59 Å². The maximum atomic E-state index is 12.1. The molecule has 1 heterocycles. The Morgan fingerprint density at radius 1 is 1.43 bits per heavy atom. The Labute approximate surface area is 120 Å². The number of benzene rings is 1. The van der Waals surface area contributed by atoms with Crippen molar-refractivity contribution in [1.82, 2.24) is 15.2 Å². The first kappa shape index (κ1) is 14.5. The van der Waals surface area contributed by atoms with Gasteiger partial charge in [0.1, 0.15) is 11.6 Å². The molecule has 8 nitrogen and oxygen atoms in total. The van der Waals surface area contributed by atoms with E-state index in [4.69, 9.17) is 10.5 Å². The summed E-state index contributed by atoms with van der Waals surface area (Å²) in [6.07, 6.45) is 0.640. The Balaban J connectivity index is 2.26. The van der Waals surface area contributed by atoms with E-state index in [1.165, 1.54) is 19.2 Å². The van der Waals surface area contributed by atoms with Crippen LogP contribution in [0, 0.1) is 0 Å². The number of nitrogens with zero attached hydrogens (tertiary/aromatic N) is 2. The SMILES string of the molecule is CCc1nc(C(=O)Nc2cc(C(N)=O)ccc2OC)n[nH]1. The number of nitrogens with two attached hydrogens (primary N) is 1. The van der Waals surface area contributed by atoms with Crippen LogP contribution in [0.25, 0.3) is 0 Å². The van der Waals surface area contributed by atoms with Crippen LogP contribution in [0.5, 0.6) is 5.75 Å². The molecular weight excluding hydrogens is 274 g/mol. The maximum Gasteiger partial charge on any atom is 0.295 e. The molecule has 8 heteroatoms. The van der Waals surface area contributed by atoms with Gasteiger partial charge in [0.2, 0.25) is 11.7 Å². The number of aromatic amines is 1. The van der Waals surface area contributed by atoms with Gasteiger partial charge >= 0.3 is 0 Å². The highest BCUT2D eigenvalue weighted by molar-refractivity contribution is 6.03. The number of anilines is 1. The third-order valence-electron chi connectivity index (χ3n) is 2.80. The number of nitrogens with one attached hydrogen (secondary N) is 2. The molecule has 0 unspecified atom stereocenters. The first-order valence-electron chi connectivity index (χ1n) is 6.25. The predicted octanol–water partition coefficient (Wildman–Crippen LogP) is 0.727. The molecule has 0 bridgehead atoms. The van der Waals surface area contributed by atoms with E-state index in [-0.39, 0.29) is 11.4 Å². The molecule has 110 valence electrons. The van der Waals surface area contributed by atoms with Gasteiger partial charge in [-0.3, -0.25) is 14.7 Å². The molecule has 1 aromatic carbocycles. The number of H-pyrrole nitrogens is 1. The predicted molar refractivity (Wildman–Crippen MR) is 75.2 cm³/mol. The average molecular weight is 289 g/mol. The number of methoxy groups -OCH3 is 1. The normalized spacial score (nSPS) is 10.2. The van der Waals surface area contributed by atoms with Crippen molar-refractivity contribution in [3.63, 3.8) is 0 Å². The van der Waals surface area contributed by atoms with Crippen molar-refractivity contribution < 1.29 is 14.3 Å². The summed E-state index contributed by atoms with van der Waals surface area (Å²) >= 11 is 0. The van der Waals surface area contributed by atoms with Gasteiger partial charge in [-0.05, 0) is 18.2 Å². The van der Waals surface area contributed by atoms with Gasteiger partial charge in [0.15, 0.2) is 0 Å². The van der Waals surface area contributed by atoms with Crippen molar-refractivity contribution in [2.45, 2.75) is 13.3 Å². The molecule has 0 aliphatic rings. The lowest BCUT2D eigenvalue weighted by Crippen LogP contribution is -2.16. The largest absolute Gasteiger partial charge is 0.495 e. The van der Waals surface area contributed by atoms with Crippen LogP contribution in [0.3, 0.4) is 0 Å². The number of hydrogen-bond donors (Lipinski definition) is 3. The van der Waals surface area contributed by atoms with E-state index >= 15 is 0 Å². The van der Waals surface area contributed by atoms with Crippen LogP contribution in [0.1, 0.15) is 33.7 Å². The first-order chi connectivity index (χ1) is 10.0.